The number of nitrogens with one attached hydrogen (secondary N) is 2. The summed E-state index contributed by atoms with van der Waals surface area (Å²) in [6.07, 6.45) is 1.51. The summed E-state index contributed by atoms with van der Waals surface area (Å²) in [5.41, 5.74) is 4.24. The van der Waals surface area contributed by atoms with Gasteiger partial charge in [-0.15, -0.1) is 0 Å². The number of carbonyl (C=O) groups excluding carboxylic acids is 2. The molecule has 0 aliphatic heterocycles. The summed E-state index contributed by atoms with van der Waals surface area (Å²) in [5.74, 6) is -0.355. The number of amides is 2. The molecule has 0 heterocycles. The van der Waals surface area contributed by atoms with E-state index in [0.29, 0.717) is 15.8 Å². The van der Waals surface area contributed by atoms with Gasteiger partial charge >= 0.3 is 0 Å². The van der Waals surface area contributed by atoms with Crippen LogP contribution in [-0.2, 0) is 11.3 Å². The van der Waals surface area contributed by atoms with Gasteiger partial charge in [0.1, 0.15) is 11.5 Å². The Morgan fingerprint density at radius 2 is 1.68 bits per heavy atom. The van der Waals surface area contributed by atoms with Gasteiger partial charge in [-0.05, 0) is 53.4 Å². The number of ether oxygens (including phenoxy) is 1. The Bertz CT molecular complexity index is 1510. The number of halogens is 3. The maximum absolute atomic E-state index is 12.3. The van der Waals surface area contributed by atoms with Crippen molar-refractivity contribution in [2.45, 2.75) is 6.54 Å². The summed E-state index contributed by atoms with van der Waals surface area (Å²) in [5, 5.41) is 18.9. The van der Waals surface area contributed by atoms with E-state index in [-0.39, 0.29) is 35.4 Å². The maximum Gasteiger partial charge on any atom is 0.271 e. The summed E-state index contributed by atoms with van der Waals surface area (Å²) in [4.78, 5) is 24.6. The second-order valence-electron chi connectivity index (χ2n) is 7.88. The zero-order chi connectivity index (χ0) is 26.4. The Hall–Kier alpha value is -3.78. The largest absolute Gasteiger partial charge is 0.506 e. The predicted molar refractivity (Wildman–Crippen MR) is 146 cm³/mol. The first-order valence-corrected chi connectivity index (χ1v) is 12.1. The van der Waals surface area contributed by atoms with Gasteiger partial charge < -0.3 is 15.2 Å². The van der Waals surface area contributed by atoms with Crippen LogP contribution in [-0.4, -0.2) is 29.7 Å². The Kier molecular flexibility index (Phi) is 8.50. The van der Waals surface area contributed by atoms with E-state index in [9.17, 15) is 14.7 Å². The number of phenols is 1. The highest BCUT2D eigenvalue weighted by molar-refractivity contribution is 6.42. The molecule has 7 nitrogen and oxygen atoms in total. The van der Waals surface area contributed by atoms with Gasteiger partial charge in [-0.25, -0.2) is 5.43 Å². The van der Waals surface area contributed by atoms with Crippen LogP contribution in [0.3, 0.4) is 0 Å². The van der Waals surface area contributed by atoms with Crippen LogP contribution in [0.25, 0.3) is 10.8 Å². The minimum Gasteiger partial charge on any atom is -0.506 e. The SMILES string of the molecule is O=C(COc1ccc(C=NNC(=O)c2ccc(O)c(Cl)c2)c2ccccc12)NCc1ccc(Cl)c(Cl)c1. The van der Waals surface area contributed by atoms with Crippen LogP contribution in [0.5, 0.6) is 11.5 Å². The van der Waals surface area contributed by atoms with Crippen molar-refractivity contribution in [2.75, 3.05) is 6.61 Å². The molecule has 0 atom stereocenters. The van der Waals surface area contributed by atoms with Gasteiger partial charge in [0.2, 0.25) is 0 Å². The fourth-order valence-corrected chi connectivity index (χ4v) is 3.95. The minimum absolute atomic E-state index is 0.0706. The van der Waals surface area contributed by atoms with Crippen molar-refractivity contribution in [1.82, 2.24) is 10.7 Å². The third-order valence-corrected chi connectivity index (χ3v) is 6.37. The summed E-state index contributed by atoms with van der Waals surface area (Å²) in [6.45, 7) is 0.112. The zero-order valence-corrected chi connectivity index (χ0v) is 21.4. The molecule has 0 unspecified atom stereocenters. The Morgan fingerprint density at radius 3 is 2.43 bits per heavy atom. The fourth-order valence-electron chi connectivity index (χ4n) is 3.45. The second-order valence-corrected chi connectivity index (χ2v) is 9.10. The topological polar surface area (TPSA) is 100 Å². The smallest absolute Gasteiger partial charge is 0.271 e. The van der Waals surface area contributed by atoms with Gasteiger partial charge in [-0.3, -0.25) is 9.59 Å². The van der Waals surface area contributed by atoms with Crippen LogP contribution in [0.2, 0.25) is 15.1 Å². The predicted octanol–water partition coefficient (Wildman–Crippen LogP) is 5.96. The number of hydrazone groups is 1. The van der Waals surface area contributed by atoms with Gasteiger partial charge in [0.15, 0.2) is 6.61 Å². The quantitative estimate of drug-likeness (QED) is 0.184. The van der Waals surface area contributed by atoms with Crippen LogP contribution < -0.4 is 15.5 Å². The van der Waals surface area contributed by atoms with Gasteiger partial charge in [0, 0.05) is 23.1 Å². The van der Waals surface area contributed by atoms with Gasteiger partial charge in [0.05, 0.1) is 21.3 Å². The summed E-state index contributed by atoms with van der Waals surface area (Å²) in [6, 6.07) is 20.3. The Labute approximate surface area is 227 Å². The van der Waals surface area contributed by atoms with Crippen molar-refractivity contribution in [2.24, 2.45) is 5.10 Å². The first-order chi connectivity index (χ1) is 17.8. The highest BCUT2D eigenvalue weighted by Gasteiger charge is 2.10. The first-order valence-electron chi connectivity index (χ1n) is 11.0. The fraction of sp³-hybridized carbons (Fsp3) is 0.0741. The van der Waals surface area contributed by atoms with Crippen molar-refractivity contribution >= 4 is 63.6 Å². The van der Waals surface area contributed by atoms with Crippen molar-refractivity contribution < 1.29 is 19.4 Å². The average Bonchev–Trinajstić information content (AvgIpc) is 2.90. The number of hydrogen-bond donors (Lipinski definition) is 3. The van der Waals surface area contributed by atoms with Gasteiger partial charge in [0.25, 0.3) is 11.8 Å². The van der Waals surface area contributed by atoms with Crippen molar-refractivity contribution in [1.29, 1.82) is 0 Å². The average molecular weight is 557 g/mol. The molecule has 4 aromatic carbocycles. The second kappa shape index (κ2) is 12.0. The first kappa shape index (κ1) is 26.3. The molecule has 0 bridgehead atoms. The molecule has 3 N–H and O–H groups in total. The molecule has 188 valence electrons. The highest BCUT2D eigenvalue weighted by Crippen LogP contribution is 2.28. The van der Waals surface area contributed by atoms with Crippen LogP contribution in [0.1, 0.15) is 21.5 Å². The molecule has 10 heteroatoms. The normalized spacial score (nSPS) is 11.0. The lowest BCUT2D eigenvalue weighted by Crippen LogP contribution is -2.28. The van der Waals surface area contributed by atoms with Gasteiger partial charge in [-0.2, -0.15) is 5.10 Å². The van der Waals surface area contributed by atoms with E-state index >= 15 is 0 Å². The maximum atomic E-state index is 12.3. The van der Waals surface area contributed by atoms with Crippen molar-refractivity contribution in [3.8, 4) is 11.5 Å². The molecule has 0 aliphatic carbocycles. The van der Waals surface area contributed by atoms with E-state index in [0.717, 1.165) is 21.9 Å². The Balaban J connectivity index is 1.39. The number of aromatic hydroxyl groups is 1. The zero-order valence-electron chi connectivity index (χ0n) is 19.2. The highest BCUT2D eigenvalue weighted by atomic mass is 35.5. The van der Waals surface area contributed by atoms with E-state index in [1.165, 1.54) is 24.4 Å². The van der Waals surface area contributed by atoms with E-state index in [1.807, 2.05) is 24.3 Å². The number of nitrogens with zero attached hydrogens (tertiary/aromatic N) is 1. The molecule has 0 aliphatic rings. The van der Waals surface area contributed by atoms with Crippen molar-refractivity contribution in [3.05, 3.63) is 105 Å². The third kappa shape index (κ3) is 6.71. The summed E-state index contributed by atoms with van der Waals surface area (Å²) >= 11 is 17.8. The van der Waals surface area contributed by atoms with Crippen molar-refractivity contribution in [3.63, 3.8) is 0 Å². The molecule has 0 fully saturated rings. The van der Waals surface area contributed by atoms with E-state index in [4.69, 9.17) is 39.5 Å². The molecule has 0 radical (unpaired) electrons. The number of fused-ring (bicyclic) bond motifs is 1. The van der Waals surface area contributed by atoms with E-state index in [1.54, 1.807) is 30.3 Å². The van der Waals surface area contributed by atoms with E-state index < -0.39 is 5.91 Å². The minimum atomic E-state index is -0.478. The number of phenolic OH excluding ortho intramolecular Hbond substituents is 1. The molecule has 0 saturated heterocycles. The molecule has 4 rings (SSSR count). The van der Waals surface area contributed by atoms with Crippen LogP contribution in [0.15, 0.2) is 77.9 Å². The molecular weight excluding hydrogens is 537 g/mol. The summed E-state index contributed by atoms with van der Waals surface area (Å²) < 4.78 is 5.78. The van der Waals surface area contributed by atoms with E-state index in [2.05, 4.69) is 15.8 Å². The van der Waals surface area contributed by atoms with Crippen LogP contribution in [0, 0.1) is 0 Å². The standard InChI is InChI=1S/C27H20Cl3N3O4/c28-21-8-5-16(11-22(21)29)13-31-26(35)15-37-25-10-7-18(19-3-1-2-4-20(19)25)14-32-33-27(36)17-6-9-24(34)23(30)12-17/h1-12,14,34H,13,15H2,(H,31,35)(H,33,36). The van der Waals surface area contributed by atoms with Gasteiger partial charge in [-0.1, -0.05) is 65.1 Å². The number of rotatable bonds is 8. The number of carbonyl (C=O) groups is 2. The molecule has 0 aromatic heterocycles. The lowest BCUT2D eigenvalue weighted by Gasteiger charge is -2.11. The lowest BCUT2D eigenvalue weighted by atomic mass is 10.0. The van der Waals surface area contributed by atoms with Crippen LogP contribution >= 0.6 is 34.8 Å². The monoisotopic (exact) mass is 555 g/mol. The molecule has 0 spiro atoms. The third-order valence-electron chi connectivity index (χ3n) is 5.33. The lowest BCUT2D eigenvalue weighted by molar-refractivity contribution is -0.123. The molecule has 2 amide bonds. The summed E-state index contributed by atoms with van der Waals surface area (Å²) in [7, 11) is 0. The Morgan fingerprint density at radius 1 is 0.892 bits per heavy atom. The number of benzene rings is 4. The molecule has 37 heavy (non-hydrogen) atoms. The molecule has 0 saturated carbocycles. The molecular formula is C27H20Cl3N3O4. The molecule has 4 aromatic rings. The van der Waals surface area contributed by atoms with Crippen LogP contribution in [0.4, 0.5) is 0 Å². The number of hydrogen-bond acceptors (Lipinski definition) is 5.